The summed E-state index contributed by atoms with van der Waals surface area (Å²) in [5.41, 5.74) is 4.20. The van der Waals surface area contributed by atoms with Crippen LogP contribution in [-0.4, -0.2) is 46.5 Å². The van der Waals surface area contributed by atoms with E-state index in [2.05, 4.69) is 25.6 Å². The summed E-state index contributed by atoms with van der Waals surface area (Å²) in [5, 5.41) is 20.9. The van der Waals surface area contributed by atoms with Gasteiger partial charge in [0.05, 0.1) is 0 Å². The number of rotatable bonds is 9. The summed E-state index contributed by atoms with van der Waals surface area (Å²) in [6.45, 7) is 2.13. The molecule has 10 heteroatoms. The molecule has 4 rings (SSSR count). The van der Waals surface area contributed by atoms with Gasteiger partial charge in [-0.25, -0.2) is 9.42 Å². The monoisotopic (exact) mass is 464 g/mol. The molecule has 0 radical (unpaired) electrons. The Hall–Kier alpha value is -4.21. The Morgan fingerprint density at radius 3 is 2.35 bits per heavy atom. The van der Waals surface area contributed by atoms with Crippen LogP contribution in [0.3, 0.4) is 0 Å². The number of aliphatic carboxylic acids is 1. The number of carbonyl (C=O) groups excluding carboxylic acids is 2. The molecular weight excluding hydrogens is 440 g/mol. The number of hydrogen-bond donors (Lipinski definition) is 3. The zero-order valence-electron chi connectivity index (χ0n) is 18.5. The quantitative estimate of drug-likeness (QED) is 0.435. The van der Waals surface area contributed by atoms with Crippen LogP contribution < -0.4 is 10.6 Å². The molecule has 1 aliphatic rings. The maximum atomic E-state index is 12.4. The van der Waals surface area contributed by atoms with Crippen molar-refractivity contribution < 1.29 is 28.9 Å². The molecule has 1 aromatic heterocycles. The van der Waals surface area contributed by atoms with Crippen LogP contribution >= 0.6 is 0 Å². The number of benzene rings is 2. The van der Waals surface area contributed by atoms with E-state index in [-0.39, 0.29) is 42.9 Å². The highest BCUT2D eigenvalue weighted by Gasteiger charge is 2.29. The highest BCUT2D eigenvalue weighted by atomic mass is 16.6. The number of anilines is 1. The Kier molecular flexibility index (Phi) is 6.86. The zero-order chi connectivity index (χ0) is 24.1. The molecule has 1 aliphatic carbocycles. The third-order valence-corrected chi connectivity index (χ3v) is 5.71. The van der Waals surface area contributed by atoms with Crippen LogP contribution in [0.1, 0.15) is 47.3 Å². The van der Waals surface area contributed by atoms with Gasteiger partial charge in [0, 0.05) is 18.9 Å². The van der Waals surface area contributed by atoms with Gasteiger partial charge in [-0.05, 0) is 44.9 Å². The van der Waals surface area contributed by atoms with Gasteiger partial charge in [0.2, 0.25) is 11.5 Å². The number of carboxylic acids is 1. The summed E-state index contributed by atoms with van der Waals surface area (Å²) in [6, 6.07) is 16.0. The zero-order valence-corrected chi connectivity index (χ0v) is 18.5. The van der Waals surface area contributed by atoms with E-state index in [4.69, 9.17) is 9.84 Å². The van der Waals surface area contributed by atoms with E-state index in [0.29, 0.717) is 6.42 Å². The van der Waals surface area contributed by atoms with Crippen molar-refractivity contribution in [2.75, 3.05) is 18.5 Å². The lowest BCUT2D eigenvalue weighted by Gasteiger charge is -2.14. The van der Waals surface area contributed by atoms with E-state index in [9.17, 15) is 14.4 Å². The Balaban J connectivity index is 1.33. The van der Waals surface area contributed by atoms with Crippen molar-refractivity contribution in [3.63, 3.8) is 0 Å². The summed E-state index contributed by atoms with van der Waals surface area (Å²) in [6.07, 6.45) is -0.310. The number of carboxylic acid groups (broad SMARTS) is 1. The molecule has 1 atom stereocenters. The predicted octanol–water partition coefficient (Wildman–Crippen LogP) is 3.66. The Labute approximate surface area is 195 Å². The fraction of sp³-hybridized carbons (Fsp3) is 0.292. The van der Waals surface area contributed by atoms with Gasteiger partial charge in [0.15, 0.2) is 0 Å². The molecule has 0 aliphatic heterocycles. The van der Waals surface area contributed by atoms with Crippen LogP contribution in [0, 0.1) is 5.92 Å². The van der Waals surface area contributed by atoms with E-state index in [1.807, 2.05) is 48.5 Å². The molecule has 176 valence electrons. The molecule has 34 heavy (non-hydrogen) atoms. The van der Waals surface area contributed by atoms with Crippen molar-refractivity contribution in [1.82, 2.24) is 15.6 Å². The summed E-state index contributed by atoms with van der Waals surface area (Å²) >= 11 is 0. The molecule has 1 heterocycles. The Morgan fingerprint density at radius 2 is 1.71 bits per heavy atom. The maximum Gasteiger partial charge on any atom is 0.412 e. The van der Waals surface area contributed by atoms with Crippen molar-refractivity contribution in [3.8, 4) is 11.1 Å². The molecule has 3 aromatic rings. The minimum atomic E-state index is -0.894. The lowest BCUT2D eigenvalue weighted by molar-refractivity contribution is -0.138. The molecule has 0 fully saturated rings. The van der Waals surface area contributed by atoms with E-state index in [1.54, 1.807) is 6.92 Å². The van der Waals surface area contributed by atoms with Crippen molar-refractivity contribution >= 4 is 23.8 Å². The SMILES string of the molecule is CC(CCNC(=O)c1nonc1NC(=O)OCC1c2ccccc2-c2ccccc21)CC(=O)O. The second-order valence-electron chi connectivity index (χ2n) is 8.16. The average Bonchev–Trinajstić information content (AvgIpc) is 3.39. The molecule has 0 bridgehead atoms. The fourth-order valence-electron chi connectivity index (χ4n) is 4.07. The smallest absolute Gasteiger partial charge is 0.412 e. The second-order valence-corrected chi connectivity index (χ2v) is 8.16. The van der Waals surface area contributed by atoms with Crippen molar-refractivity contribution in [2.24, 2.45) is 5.92 Å². The summed E-state index contributed by atoms with van der Waals surface area (Å²) in [4.78, 5) is 35.5. The van der Waals surface area contributed by atoms with Crippen LogP contribution in [0.4, 0.5) is 10.6 Å². The van der Waals surface area contributed by atoms with E-state index >= 15 is 0 Å². The topological polar surface area (TPSA) is 144 Å². The van der Waals surface area contributed by atoms with Crippen LogP contribution in [0.5, 0.6) is 0 Å². The number of nitrogens with zero attached hydrogens (tertiary/aromatic N) is 2. The number of fused-ring (bicyclic) bond motifs is 3. The molecule has 1 unspecified atom stereocenters. The van der Waals surface area contributed by atoms with Crippen LogP contribution in [-0.2, 0) is 9.53 Å². The standard InChI is InChI=1S/C24H24N4O6/c1-14(12-20(29)30)10-11-25-23(31)21-22(28-34-27-21)26-24(32)33-13-19-17-8-4-2-6-15(17)16-7-3-5-9-18(16)19/h2-9,14,19H,10-13H2,1H3,(H,25,31)(H,29,30)(H,26,28,32). The number of ether oxygens (including phenoxy) is 1. The number of nitrogens with one attached hydrogen (secondary N) is 2. The first kappa shape index (κ1) is 23.0. The average molecular weight is 464 g/mol. The van der Waals surface area contributed by atoms with Gasteiger partial charge in [-0.1, -0.05) is 55.5 Å². The largest absolute Gasteiger partial charge is 0.481 e. The third kappa shape index (κ3) is 5.06. The van der Waals surface area contributed by atoms with Crippen molar-refractivity contribution in [2.45, 2.75) is 25.7 Å². The molecule has 0 saturated carbocycles. The third-order valence-electron chi connectivity index (χ3n) is 5.71. The van der Waals surface area contributed by atoms with Gasteiger partial charge in [0.1, 0.15) is 6.61 Å². The first-order valence-electron chi connectivity index (χ1n) is 10.9. The van der Waals surface area contributed by atoms with E-state index < -0.39 is 18.0 Å². The molecule has 2 amide bonds. The summed E-state index contributed by atoms with van der Waals surface area (Å²) < 4.78 is 10.1. The van der Waals surface area contributed by atoms with Crippen molar-refractivity contribution in [1.29, 1.82) is 0 Å². The Bertz CT molecular complexity index is 1160. The predicted molar refractivity (Wildman–Crippen MR) is 121 cm³/mol. The van der Waals surface area contributed by atoms with E-state index in [1.165, 1.54) is 0 Å². The highest BCUT2D eigenvalue weighted by molar-refractivity contribution is 5.99. The van der Waals surface area contributed by atoms with Crippen molar-refractivity contribution in [3.05, 3.63) is 65.4 Å². The number of carbonyl (C=O) groups is 3. The van der Waals surface area contributed by atoms with Crippen LogP contribution in [0.2, 0.25) is 0 Å². The van der Waals surface area contributed by atoms with Gasteiger partial charge in [-0.3, -0.25) is 14.9 Å². The highest BCUT2D eigenvalue weighted by Crippen LogP contribution is 2.44. The molecule has 3 N–H and O–H groups in total. The molecular formula is C24H24N4O6. The van der Waals surface area contributed by atoms with Gasteiger partial charge in [-0.2, -0.15) is 0 Å². The number of amides is 2. The minimum Gasteiger partial charge on any atom is -0.481 e. The van der Waals surface area contributed by atoms with Gasteiger partial charge >= 0.3 is 12.1 Å². The van der Waals surface area contributed by atoms with Crippen LogP contribution in [0.15, 0.2) is 53.2 Å². The normalized spacial score (nSPS) is 13.0. The Morgan fingerprint density at radius 1 is 1.06 bits per heavy atom. The van der Waals surface area contributed by atoms with Gasteiger partial charge < -0.3 is 15.2 Å². The molecule has 0 saturated heterocycles. The number of hydrogen-bond acceptors (Lipinski definition) is 7. The summed E-state index contributed by atoms with van der Waals surface area (Å²) in [5.74, 6) is -1.86. The number of aromatic nitrogens is 2. The second kappa shape index (κ2) is 10.2. The van der Waals surface area contributed by atoms with Gasteiger partial charge in [-0.15, -0.1) is 0 Å². The minimum absolute atomic E-state index is 0.00990. The fourth-order valence-corrected chi connectivity index (χ4v) is 4.07. The molecule has 10 nitrogen and oxygen atoms in total. The maximum absolute atomic E-state index is 12.4. The molecule has 2 aromatic carbocycles. The first-order chi connectivity index (χ1) is 16.4. The van der Waals surface area contributed by atoms with Crippen LogP contribution in [0.25, 0.3) is 11.1 Å². The first-order valence-corrected chi connectivity index (χ1v) is 10.9. The van der Waals surface area contributed by atoms with Gasteiger partial charge in [0.25, 0.3) is 5.91 Å². The lowest BCUT2D eigenvalue weighted by atomic mass is 9.98. The molecule has 0 spiro atoms. The summed E-state index contributed by atoms with van der Waals surface area (Å²) in [7, 11) is 0. The van der Waals surface area contributed by atoms with E-state index in [0.717, 1.165) is 22.3 Å². The lowest BCUT2D eigenvalue weighted by Crippen LogP contribution is -2.28.